The van der Waals surface area contributed by atoms with Gasteiger partial charge in [-0.2, -0.15) is 0 Å². The molecule has 0 aromatic heterocycles. The summed E-state index contributed by atoms with van der Waals surface area (Å²) in [6.07, 6.45) is 25.3. The summed E-state index contributed by atoms with van der Waals surface area (Å²) < 4.78 is 16.1. The van der Waals surface area contributed by atoms with Gasteiger partial charge in [0.25, 0.3) is 0 Å². The molecule has 0 aliphatic rings. The maximum atomic E-state index is 8.57. The van der Waals surface area contributed by atoms with E-state index in [1.165, 1.54) is 109 Å². The molecule has 0 unspecified atom stereocenters. The SMILES string of the molecule is CCCCCCCCCCCCCCCCCCCCOCCOCCOCCO. The third-order valence-electron chi connectivity index (χ3n) is 5.62. The van der Waals surface area contributed by atoms with Crippen LogP contribution in [0.25, 0.3) is 0 Å². The molecule has 0 radical (unpaired) electrons. The van der Waals surface area contributed by atoms with Crippen LogP contribution in [0.4, 0.5) is 0 Å². The zero-order valence-corrected chi connectivity index (χ0v) is 20.3. The maximum absolute atomic E-state index is 8.57. The third kappa shape index (κ3) is 27.8. The fourth-order valence-electron chi connectivity index (χ4n) is 3.71. The number of hydrogen-bond donors (Lipinski definition) is 1. The quantitative estimate of drug-likeness (QED) is 0.142. The van der Waals surface area contributed by atoms with Gasteiger partial charge in [0, 0.05) is 6.61 Å². The molecule has 0 saturated carbocycles. The van der Waals surface area contributed by atoms with Gasteiger partial charge in [-0.3, -0.25) is 0 Å². The first-order valence-corrected chi connectivity index (χ1v) is 13.3. The molecule has 4 nitrogen and oxygen atoms in total. The van der Waals surface area contributed by atoms with Crippen molar-refractivity contribution in [1.29, 1.82) is 0 Å². The van der Waals surface area contributed by atoms with Gasteiger partial charge in [-0.1, -0.05) is 116 Å². The summed E-state index contributed by atoms with van der Waals surface area (Å²) in [6.45, 7) is 6.01. The van der Waals surface area contributed by atoms with Gasteiger partial charge in [-0.25, -0.2) is 0 Å². The highest BCUT2D eigenvalue weighted by Gasteiger charge is 1.96. The van der Waals surface area contributed by atoms with Gasteiger partial charge in [0.2, 0.25) is 0 Å². The van der Waals surface area contributed by atoms with E-state index in [1.807, 2.05) is 0 Å². The second kappa shape index (κ2) is 28.8. The first-order chi connectivity index (χ1) is 14.9. The summed E-state index contributed by atoms with van der Waals surface area (Å²) in [5.41, 5.74) is 0. The van der Waals surface area contributed by atoms with E-state index in [4.69, 9.17) is 19.3 Å². The monoisotopic (exact) mass is 430 g/mol. The normalized spacial score (nSPS) is 11.4. The Kier molecular flexibility index (Phi) is 28.7. The van der Waals surface area contributed by atoms with Crippen LogP contribution in [0.1, 0.15) is 122 Å². The minimum atomic E-state index is 0.0719. The number of aliphatic hydroxyl groups is 1. The molecule has 0 bridgehead atoms. The Morgan fingerprint density at radius 1 is 0.367 bits per heavy atom. The van der Waals surface area contributed by atoms with Crippen molar-refractivity contribution >= 4 is 0 Å². The van der Waals surface area contributed by atoms with Crippen LogP contribution in [0.3, 0.4) is 0 Å². The molecule has 0 atom stereocenters. The van der Waals surface area contributed by atoms with E-state index in [0.717, 1.165) is 13.0 Å². The van der Waals surface area contributed by atoms with Crippen LogP contribution in [-0.4, -0.2) is 51.4 Å². The molecule has 0 spiro atoms. The average molecular weight is 431 g/mol. The highest BCUT2D eigenvalue weighted by Crippen LogP contribution is 2.14. The Bertz CT molecular complexity index is 258. The molecule has 0 aromatic carbocycles. The summed E-state index contributed by atoms with van der Waals surface area (Å²) in [4.78, 5) is 0. The summed E-state index contributed by atoms with van der Waals surface area (Å²) in [5, 5.41) is 8.57. The molecule has 30 heavy (non-hydrogen) atoms. The van der Waals surface area contributed by atoms with Gasteiger partial charge in [0.15, 0.2) is 0 Å². The highest BCUT2D eigenvalue weighted by molar-refractivity contribution is 4.50. The summed E-state index contributed by atoms with van der Waals surface area (Å²) in [5.74, 6) is 0. The molecule has 0 rings (SSSR count). The molecule has 0 heterocycles. The fraction of sp³-hybridized carbons (Fsp3) is 1.00. The molecule has 0 aliphatic heterocycles. The van der Waals surface area contributed by atoms with E-state index in [2.05, 4.69) is 6.92 Å². The lowest BCUT2D eigenvalue weighted by molar-refractivity contribution is 0.00719. The Morgan fingerprint density at radius 2 is 0.667 bits per heavy atom. The van der Waals surface area contributed by atoms with Crippen molar-refractivity contribution in [2.24, 2.45) is 0 Å². The molecular weight excluding hydrogens is 376 g/mol. The third-order valence-corrected chi connectivity index (χ3v) is 5.62. The standard InChI is InChI=1S/C26H54O4/c1-2-3-4-5-6-7-8-9-10-11-12-13-14-15-16-17-18-19-21-28-23-25-30-26-24-29-22-20-27/h27H,2-26H2,1H3. The molecule has 1 N–H and O–H groups in total. The minimum absolute atomic E-state index is 0.0719. The van der Waals surface area contributed by atoms with E-state index in [-0.39, 0.29) is 6.61 Å². The molecule has 4 heteroatoms. The number of ether oxygens (including phenoxy) is 3. The van der Waals surface area contributed by atoms with Crippen molar-refractivity contribution in [3.05, 3.63) is 0 Å². The summed E-state index contributed by atoms with van der Waals surface area (Å²) in [6, 6.07) is 0. The molecule has 0 aliphatic carbocycles. The zero-order chi connectivity index (χ0) is 21.8. The van der Waals surface area contributed by atoms with Crippen LogP contribution < -0.4 is 0 Å². The molecule has 182 valence electrons. The van der Waals surface area contributed by atoms with Crippen LogP contribution >= 0.6 is 0 Å². The number of aliphatic hydroxyl groups excluding tert-OH is 1. The topological polar surface area (TPSA) is 47.9 Å². The molecular formula is C26H54O4. The Balaban J connectivity index is 2.97. The molecule has 0 amide bonds. The fourth-order valence-corrected chi connectivity index (χ4v) is 3.71. The van der Waals surface area contributed by atoms with Crippen molar-refractivity contribution in [2.45, 2.75) is 122 Å². The van der Waals surface area contributed by atoms with E-state index in [0.29, 0.717) is 33.0 Å². The van der Waals surface area contributed by atoms with Crippen LogP contribution in [0.2, 0.25) is 0 Å². The van der Waals surface area contributed by atoms with Crippen LogP contribution in [0.15, 0.2) is 0 Å². The van der Waals surface area contributed by atoms with Crippen molar-refractivity contribution in [2.75, 3.05) is 46.2 Å². The first-order valence-electron chi connectivity index (χ1n) is 13.3. The van der Waals surface area contributed by atoms with Gasteiger partial charge < -0.3 is 19.3 Å². The van der Waals surface area contributed by atoms with Crippen molar-refractivity contribution in [1.82, 2.24) is 0 Å². The van der Waals surface area contributed by atoms with Gasteiger partial charge >= 0.3 is 0 Å². The number of unbranched alkanes of at least 4 members (excludes halogenated alkanes) is 17. The Labute approximate surface area is 188 Å². The minimum Gasteiger partial charge on any atom is -0.394 e. The molecule has 0 aromatic rings. The van der Waals surface area contributed by atoms with E-state index in [9.17, 15) is 0 Å². The Morgan fingerprint density at radius 3 is 1.03 bits per heavy atom. The molecule has 0 fully saturated rings. The smallest absolute Gasteiger partial charge is 0.0701 e. The predicted octanol–water partition coefficient (Wildman–Crippen LogP) is 7.07. The molecule has 0 saturated heterocycles. The van der Waals surface area contributed by atoms with Crippen molar-refractivity contribution in [3.63, 3.8) is 0 Å². The predicted molar refractivity (Wildman–Crippen MR) is 128 cm³/mol. The number of hydrogen-bond acceptors (Lipinski definition) is 4. The summed E-state index contributed by atoms with van der Waals surface area (Å²) >= 11 is 0. The van der Waals surface area contributed by atoms with Crippen LogP contribution in [0.5, 0.6) is 0 Å². The van der Waals surface area contributed by atoms with Gasteiger partial charge in [-0.15, -0.1) is 0 Å². The van der Waals surface area contributed by atoms with Gasteiger partial charge in [-0.05, 0) is 6.42 Å². The van der Waals surface area contributed by atoms with Crippen molar-refractivity contribution in [3.8, 4) is 0 Å². The van der Waals surface area contributed by atoms with E-state index in [1.54, 1.807) is 0 Å². The second-order valence-corrected chi connectivity index (χ2v) is 8.57. The Hall–Kier alpha value is -0.160. The zero-order valence-electron chi connectivity index (χ0n) is 20.3. The number of rotatable bonds is 27. The van der Waals surface area contributed by atoms with E-state index >= 15 is 0 Å². The lowest BCUT2D eigenvalue weighted by Gasteiger charge is -2.06. The van der Waals surface area contributed by atoms with Crippen LogP contribution in [-0.2, 0) is 14.2 Å². The largest absolute Gasteiger partial charge is 0.394 e. The lowest BCUT2D eigenvalue weighted by Crippen LogP contribution is -2.11. The average Bonchev–Trinajstić information content (AvgIpc) is 2.76. The lowest BCUT2D eigenvalue weighted by atomic mass is 10.0. The highest BCUT2D eigenvalue weighted by atomic mass is 16.5. The van der Waals surface area contributed by atoms with Gasteiger partial charge in [0.1, 0.15) is 0 Å². The maximum Gasteiger partial charge on any atom is 0.0701 e. The van der Waals surface area contributed by atoms with Crippen molar-refractivity contribution < 1.29 is 19.3 Å². The van der Waals surface area contributed by atoms with E-state index < -0.39 is 0 Å². The second-order valence-electron chi connectivity index (χ2n) is 8.57. The van der Waals surface area contributed by atoms with Crippen LogP contribution in [0, 0.1) is 0 Å². The van der Waals surface area contributed by atoms with Gasteiger partial charge in [0.05, 0.1) is 39.6 Å². The summed E-state index contributed by atoms with van der Waals surface area (Å²) in [7, 11) is 0. The first kappa shape index (κ1) is 29.8.